The van der Waals surface area contributed by atoms with Gasteiger partial charge in [-0.25, -0.2) is 0 Å². The van der Waals surface area contributed by atoms with Gasteiger partial charge in [0.1, 0.15) is 0 Å². The first kappa shape index (κ1) is 17.7. The summed E-state index contributed by atoms with van der Waals surface area (Å²) in [4.78, 5) is 6.94. The minimum atomic E-state index is 0.334. The van der Waals surface area contributed by atoms with E-state index in [0.29, 0.717) is 24.4 Å². The highest BCUT2D eigenvalue weighted by Gasteiger charge is 2.28. The fraction of sp³-hybridized carbons (Fsp3) is 0.579. The molecule has 0 N–H and O–H groups in total. The molecule has 0 saturated carbocycles. The van der Waals surface area contributed by atoms with E-state index in [4.69, 9.17) is 14.0 Å². The van der Waals surface area contributed by atoms with Crippen LogP contribution in [0, 0.1) is 5.92 Å². The van der Waals surface area contributed by atoms with Gasteiger partial charge in [0.05, 0.1) is 20.8 Å². The Bertz CT molecular complexity index is 699. The topological polar surface area (TPSA) is 60.6 Å². The molecule has 136 valence electrons. The molecule has 2 aromatic rings. The quantitative estimate of drug-likeness (QED) is 0.764. The molecule has 2 heterocycles. The van der Waals surface area contributed by atoms with Crippen molar-refractivity contribution in [1.82, 2.24) is 15.0 Å². The van der Waals surface area contributed by atoms with Crippen LogP contribution in [-0.2, 0) is 13.0 Å². The Morgan fingerprint density at radius 2 is 2.04 bits per heavy atom. The number of ether oxygens (including phenoxy) is 2. The summed E-state index contributed by atoms with van der Waals surface area (Å²) in [6.07, 6.45) is 3.12. The highest BCUT2D eigenvalue weighted by atomic mass is 16.5. The molecular weight excluding hydrogens is 318 g/mol. The third-order valence-corrected chi connectivity index (χ3v) is 4.60. The van der Waals surface area contributed by atoms with Gasteiger partial charge < -0.3 is 14.0 Å². The maximum absolute atomic E-state index is 5.45. The summed E-state index contributed by atoms with van der Waals surface area (Å²) in [5, 5.41) is 4.10. The second kappa shape index (κ2) is 7.87. The summed E-state index contributed by atoms with van der Waals surface area (Å²) in [6.45, 7) is 6.03. The number of aromatic nitrogens is 2. The van der Waals surface area contributed by atoms with Crippen LogP contribution >= 0.6 is 0 Å². The molecule has 0 radical (unpaired) electrons. The number of nitrogens with zero attached hydrogens (tertiary/aromatic N) is 3. The van der Waals surface area contributed by atoms with Crippen molar-refractivity contribution in [3.8, 4) is 11.5 Å². The second-order valence-corrected chi connectivity index (χ2v) is 6.95. The molecule has 1 aliphatic heterocycles. The molecule has 1 aromatic heterocycles. The van der Waals surface area contributed by atoms with E-state index in [2.05, 4.69) is 41.0 Å². The lowest BCUT2D eigenvalue weighted by Crippen LogP contribution is -2.23. The van der Waals surface area contributed by atoms with Crippen molar-refractivity contribution < 1.29 is 14.0 Å². The van der Waals surface area contributed by atoms with Gasteiger partial charge in [0.25, 0.3) is 0 Å². The van der Waals surface area contributed by atoms with Crippen LogP contribution in [0.1, 0.15) is 50.0 Å². The monoisotopic (exact) mass is 345 g/mol. The molecule has 3 rings (SSSR count). The van der Waals surface area contributed by atoms with Crippen molar-refractivity contribution in [2.24, 2.45) is 5.92 Å². The van der Waals surface area contributed by atoms with E-state index in [1.807, 2.05) is 6.07 Å². The Morgan fingerprint density at radius 1 is 1.24 bits per heavy atom. The molecule has 0 unspecified atom stereocenters. The molecule has 1 aromatic carbocycles. The highest BCUT2D eigenvalue weighted by Crippen LogP contribution is 2.37. The Labute approximate surface area is 149 Å². The summed E-state index contributed by atoms with van der Waals surface area (Å²) in [5.74, 6) is 3.54. The molecule has 1 atom stereocenters. The predicted octanol–water partition coefficient (Wildman–Crippen LogP) is 3.62. The zero-order valence-corrected chi connectivity index (χ0v) is 15.5. The van der Waals surface area contributed by atoms with Gasteiger partial charge in [0, 0.05) is 12.5 Å². The normalized spacial score (nSPS) is 18.0. The summed E-state index contributed by atoms with van der Waals surface area (Å²) in [5.41, 5.74) is 1.23. The summed E-state index contributed by atoms with van der Waals surface area (Å²) < 4.78 is 16.2. The average Bonchev–Trinajstić information content (AvgIpc) is 3.23. The van der Waals surface area contributed by atoms with Crippen molar-refractivity contribution in [1.29, 1.82) is 0 Å². The molecule has 1 aliphatic rings. The first-order chi connectivity index (χ1) is 12.1. The van der Waals surface area contributed by atoms with Crippen molar-refractivity contribution in [3.05, 3.63) is 35.5 Å². The summed E-state index contributed by atoms with van der Waals surface area (Å²) in [7, 11) is 3.33. The molecule has 6 nitrogen and oxygen atoms in total. The van der Waals surface area contributed by atoms with Crippen LogP contribution in [0.2, 0.25) is 0 Å². The zero-order chi connectivity index (χ0) is 17.8. The number of hydrogen-bond acceptors (Lipinski definition) is 6. The van der Waals surface area contributed by atoms with Gasteiger partial charge in [0.2, 0.25) is 5.89 Å². The molecule has 1 fully saturated rings. The number of likely N-dealkylation sites (tertiary alicyclic amines) is 1. The standard InChI is InChI=1S/C19H27N3O3/c1-13(2)10-18-20-19(25-21-18)12-22-9-5-6-15(22)14-7-8-16(23-3)17(11-14)24-4/h7-8,11,13,15H,5-6,9-10,12H2,1-4H3/t15-/m0/s1. The Kier molecular flexibility index (Phi) is 5.58. The number of methoxy groups -OCH3 is 2. The minimum absolute atomic E-state index is 0.334. The third kappa shape index (κ3) is 4.12. The van der Waals surface area contributed by atoms with Gasteiger partial charge in [-0.15, -0.1) is 0 Å². The van der Waals surface area contributed by atoms with Crippen LogP contribution < -0.4 is 9.47 Å². The van der Waals surface area contributed by atoms with Gasteiger partial charge in [-0.05, 0) is 43.0 Å². The summed E-state index contributed by atoms with van der Waals surface area (Å²) in [6, 6.07) is 6.49. The molecular formula is C19H27N3O3. The third-order valence-electron chi connectivity index (χ3n) is 4.60. The SMILES string of the molecule is COc1ccc([C@@H]2CCCN2Cc2nc(CC(C)C)no2)cc1OC. The molecule has 0 amide bonds. The van der Waals surface area contributed by atoms with Gasteiger partial charge >= 0.3 is 0 Å². The van der Waals surface area contributed by atoms with E-state index in [1.54, 1.807) is 14.2 Å². The van der Waals surface area contributed by atoms with E-state index in [1.165, 1.54) is 5.56 Å². The van der Waals surface area contributed by atoms with Crippen LogP contribution in [0.3, 0.4) is 0 Å². The number of benzene rings is 1. The van der Waals surface area contributed by atoms with Crippen LogP contribution in [0.4, 0.5) is 0 Å². The van der Waals surface area contributed by atoms with Gasteiger partial charge in [-0.1, -0.05) is 25.1 Å². The fourth-order valence-corrected chi connectivity index (χ4v) is 3.43. The van der Waals surface area contributed by atoms with Crippen LogP contribution in [-0.4, -0.2) is 35.8 Å². The molecule has 0 bridgehead atoms. The van der Waals surface area contributed by atoms with Crippen molar-refractivity contribution in [2.45, 2.75) is 45.7 Å². The van der Waals surface area contributed by atoms with Crippen molar-refractivity contribution in [3.63, 3.8) is 0 Å². The predicted molar refractivity (Wildman–Crippen MR) is 94.8 cm³/mol. The zero-order valence-electron chi connectivity index (χ0n) is 15.5. The van der Waals surface area contributed by atoms with E-state index in [-0.39, 0.29) is 0 Å². The summed E-state index contributed by atoms with van der Waals surface area (Å²) >= 11 is 0. The molecule has 6 heteroatoms. The lowest BCUT2D eigenvalue weighted by atomic mass is 10.0. The van der Waals surface area contributed by atoms with Crippen LogP contribution in [0.25, 0.3) is 0 Å². The van der Waals surface area contributed by atoms with Gasteiger partial charge in [0.15, 0.2) is 17.3 Å². The smallest absolute Gasteiger partial charge is 0.240 e. The molecule has 0 spiro atoms. The first-order valence-electron chi connectivity index (χ1n) is 8.88. The molecule has 0 aliphatic carbocycles. The maximum Gasteiger partial charge on any atom is 0.240 e. The largest absolute Gasteiger partial charge is 0.493 e. The molecule has 25 heavy (non-hydrogen) atoms. The Hall–Kier alpha value is -2.08. The van der Waals surface area contributed by atoms with Gasteiger partial charge in [-0.3, -0.25) is 4.90 Å². The first-order valence-corrected chi connectivity index (χ1v) is 8.88. The maximum atomic E-state index is 5.45. The average molecular weight is 345 g/mol. The lowest BCUT2D eigenvalue weighted by Gasteiger charge is -2.23. The van der Waals surface area contributed by atoms with E-state index in [9.17, 15) is 0 Å². The fourth-order valence-electron chi connectivity index (χ4n) is 3.43. The lowest BCUT2D eigenvalue weighted by molar-refractivity contribution is 0.211. The van der Waals surface area contributed by atoms with E-state index in [0.717, 1.165) is 43.1 Å². The van der Waals surface area contributed by atoms with Crippen LogP contribution in [0.5, 0.6) is 11.5 Å². The Balaban J connectivity index is 1.73. The Morgan fingerprint density at radius 3 is 2.76 bits per heavy atom. The molecule has 1 saturated heterocycles. The number of rotatable bonds is 7. The number of hydrogen-bond donors (Lipinski definition) is 0. The van der Waals surface area contributed by atoms with Crippen molar-refractivity contribution in [2.75, 3.05) is 20.8 Å². The van der Waals surface area contributed by atoms with E-state index >= 15 is 0 Å². The highest BCUT2D eigenvalue weighted by molar-refractivity contribution is 5.44. The van der Waals surface area contributed by atoms with E-state index < -0.39 is 0 Å². The van der Waals surface area contributed by atoms with Crippen LogP contribution in [0.15, 0.2) is 22.7 Å². The van der Waals surface area contributed by atoms with Crippen molar-refractivity contribution >= 4 is 0 Å². The minimum Gasteiger partial charge on any atom is -0.493 e. The second-order valence-electron chi connectivity index (χ2n) is 6.95. The van der Waals surface area contributed by atoms with Gasteiger partial charge in [-0.2, -0.15) is 4.98 Å².